The predicted octanol–water partition coefficient (Wildman–Crippen LogP) is 3.25. The molecule has 1 N–H and O–H groups in total. The second kappa shape index (κ2) is 7.20. The lowest BCUT2D eigenvalue weighted by atomic mass is 9.91. The number of hydrogen-bond donors (Lipinski definition) is 1. The van der Waals surface area contributed by atoms with Crippen LogP contribution in [0.3, 0.4) is 0 Å². The van der Waals surface area contributed by atoms with Crippen LogP contribution in [-0.2, 0) is 10.2 Å². The highest BCUT2D eigenvalue weighted by molar-refractivity contribution is 6.30. The zero-order valence-electron chi connectivity index (χ0n) is 13.0. The van der Waals surface area contributed by atoms with Crippen LogP contribution in [0.15, 0.2) is 24.3 Å². The second-order valence-corrected chi connectivity index (χ2v) is 6.84. The Bertz CT molecular complexity index is 512. The van der Waals surface area contributed by atoms with E-state index in [4.69, 9.17) is 11.6 Å². The third-order valence-electron chi connectivity index (χ3n) is 4.86. The Kier molecular flexibility index (Phi) is 5.76. The Morgan fingerprint density at radius 3 is 2.64 bits per heavy atom. The van der Waals surface area contributed by atoms with Crippen LogP contribution in [0.4, 0.5) is 0 Å². The fourth-order valence-electron chi connectivity index (χ4n) is 3.53. The highest BCUT2D eigenvalue weighted by Crippen LogP contribution is 2.50. The molecule has 3 nitrogen and oxygen atoms in total. The van der Waals surface area contributed by atoms with Gasteiger partial charge in [0.2, 0.25) is 5.91 Å². The van der Waals surface area contributed by atoms with E-state index in [1.165, 1.54) is 6.42 Å². The molecule has 2 aliphatic rings. The molecule has 1 aliphatic carbocycles. The minimum atomic E-state index is -0.258. The molecule has 0 radical (unpaired) electrons. The van der Waals surface area contributed by atoms with Crippen LogP contribution in [0.2, 0.25) is 5.02 Å². The van der Waals surface area contributed by atoms with Crippen LogP contribution in [0.25, 0.3) is 0 Å². The number of halogens is 2. The fourth-order valence-corrected chi connectivity index (χ4v) is 3.65. The summed E-state index contributed by atoms with van der Waals surface area (Å²) in [4.78, 5) is 15.1. The molecule has 1 aromatic rings. The van der Waals surface area contributed by atoms with Gasteiger partial charge in [0, 0.05) is 18.1 Å². The summed E-state index contributed by atoms with van der Waals surface area (Å²) in [5.41, 5.74) is 0.874. The van der Waals surface area contributed by atoms with E-state index in [9.17, 15) is 4.79 Å². The summed E-state index contributed by atoms with van der Waals surface area (Å²) in [6.07, 6.45) is 4.29. The van der Waals surface area contributed by atoms with E-state index in [0.717, 1.165) is 49.5 Å². The first-order valence-corrected chi connectivity index (χ1v) is 8.23. The Morgan fingerprint density at radius 1 is 1.36 bits per heavy atom. The fraction of sp³-hybridized carbons (Fsp3) is 0.588. The molecule has 2 fully saturated rings. The molecule has 5 heteroatoms. The third-order valence-corrected chi connectivity index (χ3v) is 5.11. The Labute approximate surface area is 143 Å². The summed E-state index contributed by atoms with van der Waals surface area (Å²) in [6, 6.07) is 7.82. The Balaban J connectivity index is 0.00000176. The second-order valence-electron chi connectivity index (χ2n) is 6.41. The molecule has 0 aromatic heterocycles. The number of carbonyl (C=O) groups excluding carboxylic acids is 1. The smallest absolute Gasteiger partial charge is 0.233 e. The monoisotopic (exact) mass is 342 g/mol. The van der Waals surface area contributed by atoms with Gasteiger partial charge in [-0.2, -0.15) is 0 Å². The number of hydrogen-bond acceptors (Lipinski definition) is 2. The molecule has 3 rings (SSSR count). The van der Waals surface area contributed by atoms with Crippen molar-refractivity contribution in [3.05, 3.63) is 34.9 Å². The number of nitrogens with one attached hydrogen (secondary N) is 1. The normalized spacial score (nSPS) is 22.8. The summed E-state index contributed by atoms with van der Waals surface area (Å²) in [5.74, 6) is 0.916. The van der Waals surface area contributed by atoms with E-state index in [0.29, 0.717) is 11.8 Å². The number of benzene rings is 1. The van der Waals surface area contributed by atoms with Gasteiger partial charge in [-0.25, -0.2) is 0 Å². The van der Waals surface area contributed by atoms with Crippen LogP contribution in [0.1, 0.15) is 31.2 Å². The minimum Gasteiger partial charge on any atom is -0.342 e. The first kappa shape index (κ1) is 17.6. The summed E-state index contributed by atoms with van der Waals surface area (Å²) in [6.45, 7) is 2.81. The van der Waals surface area contributed by atoms with Gasteiger partial charge in [0.05, 0.1) is 5.41 Å². The Morgan fingerprint density at radius 2 is 2.05 bits per heavy atom. The van der Waals surface area contributed by atoms with Gasteiger partial charge >= 0.3 is 0 Å². The lowest BCUT2D eigenvalue weighted by Gasteiger charge is -2.35. The zero-order chi connectivity index (χ0) is 14.9. The lowest BCUT2D eigenvalue weighted by Crippen LogP contribution is -2.46. The van der Waals surface area contributed by atoms with Crippen LogP contribution < -0.4 is 5.32 Å². The van der Waals surface area contributed by atoms with Crippen LogP contribution >= 0.6 is 24.0 Å². The lowest BCUT2D eigenvalue weighted by molar-refractivity contribution is -0.135. The third kappa shape index (κ3) is 3.42. The largest absolute Gasteiger partial charge is 0.342 e. The molecular formula is C17H24Cl2N2O. The van der Waals surface area contributed by atoms with Gasteiger partial charge in [-0.1, -0.05) is 23.7 Å². The van der Waals surface area contributed by atoms with Crippen molar-refractivity contribution < 1.29 is 4.79 Å². The highest BCUT2D eigenvalue weighted by atomic mass is 35.5. The van der Waals surface area contributed by atoms with Gasteiger partial charge in [-0.05, 0) is 62.9 Å². The molecule has 0 bridgehead atoms. The summed E-state index contributed by atoms with van der Waals surface area (Å²) < 4.78 is 0. The van der Waals surface area contributed by atoms with Crippen LogP contribution in [-0.4, -0.2) is 37.5 Å². The van der Waals surface area contributed by atoms with E-state index >= 15 is 0 Å². The maximum Gasteiger partial charge on any atom is 0.233 e. The Hall–Kier alpha value is -0.770. The van der Waals surface area contributed by atoms with E-state index < -0.39 is 0 Å². The minimum absolute atomic E-state index is 0. The predicted molar refractivity (Wildman–Crippen MR) is 92.8 cm³/mol. The number of nitrogens with zero attached hydrogens (tertiary/aromatic N) is 1. The molecule has 1 aliphatic heterocycles. The van der Waals surface area contributed by atoms with Crippen molar-refractivity contribution in [2.24, 2.45) is 5.92 Å². The molecule has 1 atom stereocenters. The average Bonchev–Trinajstić information content (AvgIpc) is 3.29. The van der Waals surface area contributed by atoms with Gasteiger partial charge in [0.1, 0.15) is 0 Å². The van der Waals surface area contributed by atoms with E-state index in [1.807, 2.05) is 31.3 Å². The van der Waals surface area contributed by atoms with Crippen molar-refractivity contribution in [2.45, 2.75) is 31.1 Å². The maximum absolute atomic E-state index is 13.0. The molecule has 1 amide bonds. The van der Waals surface area contributed by atoms with Crippen molar-refractivity contribution >= 4 is 29.9 Å². The SMILES string of the molecule is CNCC1CCCN(C(=O)C2(c3ccc(Cl)cc3)CC2)C1.Cl. The van der Waals surface area contributed by atoms with Gasteiger partial charge in [-0.3, -0.25) is 4.79 Å². The molecule has 22 heavy (non-hydrogen) atoms. The van der Waals surface area contributed by atoms with E-state index in [1.54, 1.807) is 0 Å². The standard InChI is InChI=1S/C17H23ClN2O.ClH/c1-19-11-13-3-2-10-20(12-13)16(21)17(8-9-17)14-4-6-15(18)7-5-14;/h4-7,13,19H,2-3,8-12H2,1H3;1H. The molecule has 0 spiro atoms. The van der Waals surface area contributed by atoms with Crippen LogP contribution in [0.5, 0.6) is 0 Å². The first-order valence-electron chi connectivity index (χ1n) is 7.86. The number of carbonyl (C=O) groups is 1. The van der Waals surface area contributed by atoms with Gasteiger partial charge in [0.25, 0.3) is 0 Å². The first-order chi connectivity index (χ1) is 10.2. The molecule has 122 valence electrons. The van der Waals surface area contributed by atoms with Crippen molar-refractivity contribution in [1.29, 1.82) is 0 Å². The van der Waals surface area contributed by atoms with Gasteiger partial charge in [0.15, 0.2) is 0 Å². The van der Waals surface area contributed by atoms with Crippen LogP contribution in [0, 0.1) is 5.92 Å². The van der Waals surface area contributed by atoms with Crippen molar-refractivity contribution in [1.82, 2.24) is 10.2 Å². The summed E-state index contributed by atoms with van der Waals surface area (Å²) in [5, 5.41) is 3.97. The average molecular weight is 343 g/mol. The van der Waals surface area contributed by atoms with Crippen molar-refractivity contribution in [3.63, 3.8) is 0 Å². The molecule has 1 unspecified atom stereocenters. The van der Waals surface area contributed by atoms with E-state index in [2.05, 4.69) is 10.2 Å². The summed E-state index contributed by atoms with van der Waals surface area (Å²) in [7, 11) is 1.98. The highest BCUT2D eigenvalue weighted by Gasteiger charge is 2.53. The molecule has 1 saturated heterocycles. The number of likely N-dealkylation sites (tertiary alicyclic amines) is 1. The molecule has 1 saturated carbocycles. The quantitative estimate of drug-likeness (QED) is 0.910. The number of rotatable bonds is 4. The van der Waals surface area contributed by atoms with E-state index in [-0.39, 0.29) is 17.8 Å². The maximum atomic E-state index is 13.0. The number of piperidine rings is 1. The summed E-state index contributed by atoms with van der Waals surface area (Å²) >= 11 is 5.96. The molecule has 1 heterocycles. The van der Waals surface area contributed by atoms with Gasteiger partial charge < -0.3 is 10.2 Å². The molecule has 1 aromatic carbocycles. The topological polar surface area (TPSA) is 32.3 Å². The van der Waals surface area contributed by atoms with Crippen molar-refractivity contribution in [2.75, 3.05) is 26.7 Å². The molecular weight excluding hydrogens is 319 g/mol. The van der Waals surface area contributed by atoms with Gasteiger partial charge in [-0.15, -0.1) is 12.4 Å². The van der Waals surface area contributed by atoms with Crippen molar-refractivity contribution in [3.8, 4) is 0 Å². The number of amides is 1. The zero-order valence-corrected chi connectivity index (χ0v) is 14.6.